The highest BCUT2D eigenvalue weighted by Crippen LogP contribution is 2.15. The second kappa shape index (κ2) is 31.9. The number of carbonyl (C=O) groups excluding carboxylic acids is 7. The normalized spacial score (nSPS) is 15.5. The Kier molecular flexibility index (Phi) is 28.2. The molecule has 22 nitrogen and oxygen atoms in total. The summed E-state index contributed by atoms with van der Waals surface area (Å²) < 4.78 is 0. The molecular weight excluding hydrogens is 911 g/mol. The van der Waals surface area contributed by atoms with Crippen LogP contribution in [0.3, 0.4) is 0 Å². The van der Waals surface area contributed by atoms with E-state index in [4.69, 9.17) is 11.5 Å². The predicted octanol–water partition coefficient (Wildman–Crippen LogP) is 0.687. The quantitative estimate of drug-likeness (QED) is 0.0423. The lowest BCUT2D eigenvalue weighted by Gasteiger charge is -2.30. The summed E-state index contributed by atoms with van der Waals surface area (Å²) in [5.41, 5.74) is 12.4. The molecule has 1 aromatic carbocycles. The van der Waals surface area contributed by atoms with Gasteiger partial charge in [0, 0.05) is 12.8 Å². The van der Waals surface area contributed by atoms with Crippen LogP contribution in [0.15, 0.2) is 30.3 Å². The van der Waals surface area contributed by atoms with Crippen LogP contribution < -0.4 is 48.7 Å². The zero-order chi connectivity index (χ0) is 53.2. The number of aliphatic carboxylic acids is 3. The number of nitrogens with two attached hydrogens (primary N) is 2. The van der Waals surface area contributed by atoms with Crippen LogP contribution in [0.4, 0.5) is 0 Å². The van der Waals surface area contributed by atoms with Crippen molar-refractivity contribution in [3.8, 4) is 0 Å². The third kappa shape index (κ3) is 23.0. The molecule has 0 aromatic heterocycles. The van der Waals surface area contributed by atoms with Gasteiger partial charge >= 0.3 is 17.9 Å². The van der Waals surface area contributed by atoms with E-state index in [0.717, 1.165) is 0 Å². The molecule has 0 aliphatic rings. The van der Waals surface area contributed by atoms with Gasteiger partial charge in [0.25, 0.3) is 0 Å². The van der Waals surface area contributed by atoms with Gasteiger partial charge in [0.1, 0.15) is 42.3 Å². The first-order chi connectivity index (χ1) is 32.8. The van der Waals surface area contributed by atoms with Gasteiger partial charge in [-0.1, -0.05) is 98.6 Å². The van der Waals surface area contributed by atoms with Crippen LogP contribution in [0.5, 0.6) is 0 Å². The number of amides is 7. The Bertz CT molecular complexity index is 1900. The van der Waals surface area contributed by atoms with Gasteiger partial charge in [-0.2, -0.15) is 0 Å². The molecule has 0 radical (unpaired) electrons. The zero-order valence-electron chi connectivity index (χ0n) is 41.9. The fourth-order valence-electron chi connectivity index (χ4n) is 7.31. The Morgan fingerprint density at radius 1 is 0.514 bits per heavy atom. The van der Waals surface area contributed by atoms with Gasteiger partial charge in [0.15, 0.2) is 0 Å². The first-order valence-electron chi connectivity index (χ1n) is 24.1. The van der Waals surface area contributed by atoms with Crippen LogP contribution in [-0.4, -0.2) is 129 Å². The molecule has 0 heterocycles. The van der Waals surface area contributed by atoms with Crippen LogP contribution in [0, 0.1) is 23.7 Å². The minimum absolute atomic E-state index is 0.0460. The van der Waals surface area contributed by atoms with Crippen LogP contribution in [-0.2, 0) is 54.4 Å². The summed E-state index contributed by atoms with van der Waals surface area (Å²) in [6.07, 6.45) is -0.0880. The molecule has 1 aromatic rings. The molecule has 70 heavy (non-hydrogen) atoms. The van der Waals surface area contributed by atoms with E-state index in [2.05, 4.69) is 37.2 Å². The third-order valence-corrected chi connectivity index (χ3v) is 11.8. The average Bonchev–Trinajstić information content (AvgIpc) is 3.28. The largest absolute Gasteiger partial charge is 0.481 e. The van der Waals surface area contributed by atoms with Crippen molar-refractivity contribution in [1.29, 1.82) is 0 Å². The van der Waals surface area contributed by atoms with E-state index < -0.39 is 139 Å². The molecule has 14 N–H and O–H groups in total. The number of carboxylic acid groups (broad SMARTS) is 3. The van der Waals surface area contributed by atoms with Crippen molar-refractivity contribution in [2.75, 3.05) is 6.54 Å². The van der Waals surface area contributed by atoms with Crippen molar-refractivity contribution in [2.45, 2.75) is 174 Å². The second-order valence-corrected chi connectivity index (χ2v) is 18.8. The molecule has 394 valence electrons. The van der Waals surface area contributed by atoms with Crippen molar-refractivity contribution in [3.05, 3.63) is 35.9 Å². The molecule has 10 atom stereocenters. The second-order valence-electron chi connectivity index (χ2n) is 18.8. The number of rotatable bonds is 34. The van der Waals surface area contributed by atoms with Crippen molar-refractivity contribution >= 4 is 59.3 Å². The van der Waals surface area contributed by atoms with Crippen LogP contribution >= 0.6 is 0 Å². The predicted molar refractivity (Wildman–Crippen MR) is 259 cm³/mol. The lowest BCUT2D eigenvalue weighted by Crippen LogP contribution is -2.61. The van der Waals surface area contributed by atoms with E-state index in [0.29, 0.717) is 44.2 Å². The fourth-order valence-corrected chi connectivity index (χ4v) is 7.31. The Morgan fingerprint density at radius 3 is 1.47 bits per heavy atom. The number of carbonyl (C=O) groups is 10. The lowest BCUT2D eigenvalue weighted by molar-refractivity contribution is -0.145. The number of hydrogen-bond donors (Lipinski definition) is 12. The molecule has 0 saturated heterocycles. The number of benzene rings is 1. The molecule has 0 bridgehead atoms. The molecule has 1 rings (SSSR count). The van der Waals surface area contributed by atoms with Crippen LogP contribution in [0.25, 0.3) is 0 Å². The Balaban J connectivity index is 3.59. The van der Waals surface area contributed by atoms with E-state index in [1.54, 1.807) is 58.0 Å². The molecule has 7 amide bonds. The zero-order valence-corrected chi connectivity index (χ0v) is 41.9. The van der Waals surface area contributed by atoms with Gasteiger partial charge in [0.05, 0.1) is 12.5 Å². The number of nitrogens with one attached hydrogen (secondary N) is 7. The van der Waals surface area contributed by atoms with Crippen LogP contribution in [0.1, 0.15) is 125 Å². The van der Waals surface area contributed by atoms with Crippen molar-refractivity contribution in [2.24, 2.45) is 35.1 Å². The average molecular weight is 990 g/mol. The van der Waals surface area contributed by atoms with Crippen molar-refractivity contribution in [3.63, 3.8) is 0 Å². The van der Waals surface area contributed by atoms with Gasteiger partial charge in [-0.3, -0.25) is 43.2 Å². The van der Waals surface area contributed by atoms with Crippen LogP contribution in [0.2, 0.25) is 0 Å². The van der Waals surface area contributed by atoms with E-state index >= 15 is 0 Å². The summed E-state index contributed by atoms with van der Waals surface area (Å²) >= 11 is 0. The van der Waals surface area contributed by atoms with Gasteiger partial charge in [-0.25, -0.2) is 4.79 Å². The maximum Gasteiger partial charge on any atom is 0.326 e. The van der Waals surface area contributed by atoms with Gasteiger partial charge in [-0.15, -0.1) is 0 Å². The van der Waals surface area contributed by atoms with E-state index in [-0.39, 0.29) is 31.1 Å². The molecule has 0 aliphatic heterocycles. The van der Waals surface area contributed by atoms with Crippen molar-refractivity contribution in [1.82, 2.24) is 37.2 Å². The monoisotopic (exact) mass is 990 g/mol. The number of carboxylic acids is 3. The smallest absolute Gasteiger partial charge is 0.326 e. The lowest BCUT2D eigenvalue weighted by atomic mass is 9.96. The van der Waals surface area contributed by atoms with E-state index in [9.17, 15) is 63.3 Å². The fraction of sp³-hybridized carbons (Fsp3) is 0.667. The molecule has 0 saturated carbocycles. The first-order valence-corrected chi connectivity index (χ1v) is 24.1. The maximum atomic E-state index is 14.4. The minimum atomic E-state index is -1.90. The third-order valence-electron chi connectivity index (χ3n) is 11.8. The molecule has 0 spiro atoms. The Morgan fingerprint density at radius 2 is 0.971 bits per heavy atom. The molecular formula is C48H79N9O13. The highest BCUT2D eigenvalue weighted by Gasteiger charge is 2.37. The van der Waals surface area contributed by atoms with Gasteiger partial charge in [-0.05, 0) is 74.3 Å². The number of unbranched alkanes of at least 4 members (excludes halogenated alkanes) is 1. The summed E-state index contributed by atoms with van der Waals surface area (Å²) in [6.45, 7) is 14.5. The van der Waals surface area contributed by atoms with Crippen molar-refractivity contribution < 1.29 is 63.3 Å². The highest BCUT2D eigenvalue weighted by molar-refractivity contribution is 5.98. The molecule has 22 heteroatoms. The molecule has 0 fully saturated rings. The Labute approximate surface area is 410 Å². The SMILES string of the molecule is CC[C@H](C)[C@H](NC(=O)[C@H](CCC(=O)O)NC(=O)[C@H](CC(=O)O)NC(=O)[C@H](Cc1ccccc1)NC(=O)[C@@H](NC(=O)[C@H](CCCCN)NC(=O)[C@H](CC(C)C)NC(=O)[C@@H](N)CC(C)C)[C@@H](C)CC)C(=O)O. The van der Waals surface area contributed by atoms with E-state index in [1.165, 1.54) is 0 Å². The topological polar surface area (TPSA) is 368 Å². The van der Waals surface area contributed by atoms with Gasteiger partial charge < -0.3 is 64.0 Å². The maximum absolute atomic E-state index is 14.4. The standard InChI is InChI=1S/C48H79N9O13/c1-9-28(7)39(56-42(63)32(18-14-15-21-49)51-44(65)34(23-27(5)6)53-41(62)31(50)22-26(3)4)47(68)55-35(24-30-16-12-11-13-17-30)45(66)54-36(25-38(60)61)46(67)52-33(19-20-37(58)59)43(64)57-40(48(69)70)29(8)10-2/h11-13,16-17,26-29,31-36,39-40H,9-10,14-15,18-25,49-50H2,1-8H3,(H,51,65)(H,52,67)(H,53,62)(H,54,66)(H,55,68)(H,56,63)(H,57,64)(H,58,59)(H,60,61)(H,69,70)/t28-,29-,31-,32-,33-,34-,35-,36-,39-,40-/m0/s1. The molecule has 0 unspecified atom stereocenters. The summed E-state index contributed by atoms with van der Waals surface area (Å²) in [5, 5.41) is 46.7. The number of hydrogen-bond acceptors (Lipinski definition) is 12. The summed E-state index contributed by atoms with van der Waals surface area (Å²) in [4.78, 5) is 132. The summed E-state index contributed by atoms with van der Waals surface area (Å²) in [7, 11) is 0. The summed E-state index contributed by atoms with van der Waals surface area (Å²) in [5.74, 6) is -11.4. The highest BCUT2D eigenvalue weighted by atomic mass is 16.4. The van der Waals surface area contributed by atoms with E-state index in [1.807, 2.05) is 27.7 Å². The summed E-state index contributed by atoms with van der Waals surface area (Å²) in [6, 6.07) is -2.56. The molecule has 0 aliphatic carbocycles. The van der Waals surface area contributed by atoms with Gasteiger partial charge in [0.2, 0.25) is 41.4 Å². The minimum Gasteiger partial charge on any atom is -0.481 e. The Hall–Kier alpha value is -6.16. The first kappa shape index (κ1) is 61.9.